The number of ether oxygens (including phenoxy) is 2. The Bertz CT molecular complexity index is 131. The van der Waals surface area contributed by atoms with Crippen LogP contribution < -0.4 is 5.32 Å². The van der Waals surface area contributed by atoms with Crippen molar-refractivity contribution in [1.29, 1.82) is 0 Å². The van der Waals surface area contributed by atoms with Crippen molar-refractivity contribution in [2.24, 2.45) is 0 Å². The maximum absolute atomic E-state index is 11.2. The maximum Gasteiger partial charge on any atom is 0.325 e. The highest BCUT2D eigenvalue weighted by Crippen LogP contribution is 1.90. The molecule has 0 amide bonds. The molecule has 0 aromatic heterocycles. The van der Waals surface area contributed by atoms with E-state index in [1.807, 2.05) is 13.8 Å². The molecule has 0 bridgehead atoms. The van der Waals surface area contributed by atoms with E-state index in [9.17, 15) is 4.79 Å². The smallest absolute Gasteiger partial charge is 0.325 e. The molecule has 78 valence electrons. The molecule has 0 radical (unpaired) electrons. The van der Waals surface area contributed by atoms with Crippen molar-refractivity contribution in [1.82, 2.24) is 5.32 Å². The maximum atomic E-state index is 11.2. The quantitative estimate of drug-likeness (QED) is 0.595. The summed E-state index contributed by atoms with van der Waals surface area (Å²) in [6.07, 6.45) is 0.986. The second-order valence-electron chi connectivity index (χ2n) is 2.69. The molecule has 4 heteroatoms. The molecule has 13 heavy (non-hydrogen) atoms. The largest absolute Gasteiger partial charge is 0.468 e. The molecule has 0 aromatic carbocycles. The van der Waals surface area contributed by atoms with Gasteiger partial charge in [0.1, 0.15) is 6.04 Å². The van der Waals surface area contributed by atoms with Gasteiger partial charge < -0.3 is 14.8 Å². The van der Waals surface area contributed by atoms with E-state index < -0.39 is 0 Å². The summed E-state index contributed by atoms with van der Waals surface area (Å²) in [6, 6.07) is -0.329. The molecule has 0 aliphatic heterocycles. The molecule has 1 atom stereocenters. The summed E-state index contributed by atoms with van der Waals surface area (Å²) in [7, 11) is 1.38. The number of rotatable bonds is 7. The number of esters is 1. The van der Waals surface area contributed by atoms with E-state index in [-0.39, 0.29) is 12.0 Å². The highest BCUT2D eigenvalue weighted by atomic mass is 16.5. The van der Waals surface area contributed by atoms with Crippen molar-refractivity contribution in [2.75, 3.05) is 26.9 Å². The molecule has 0 aliphatic rings. The lowest BCUT2D eigenvalue weighted by atomic mass is 10.3. The van der Waals surface area contributed by atoms with Gasteiger partial charge in [-0.25, -0.2) is 0 Å². The van der Waals surface area contributed by atoms with Gasteiger partial charge in [-0.2, -0.15) is 0 Å². The number of nitrogens with one attached hydrogen (secondary N) is 1. The number of carbonyl (C=O) groups is 1. The Kier molecular flexibility index (Phi) is 7.63. The molecular formula is C9H19NO3. The van der Waals surface area contributed by atoms with E-state index in [2.05, 4.69) is 10.1 Å². The summed E-state index contributed by atoms with van der Waals surface area (Å²) in [6.45, 7) is 5.73. The minimum absolute atomic E-state index is 0.262. The van der Waals surface area contributed by atoms with Crippen LogP contribution in [-0.4, -0.2) is 38.9 Å². The lowest BCUT2D eigenvalue weighted by Crippen LogP contribution is -2.41. The Labute approximate surface area is 79.6 Å². The molecule has 0 fully saturated rings. The average molecular weight is 189 g/mol. The van der Waals surface area contributed by atoms with Crippen molar-refractivity contribution in [3.8, 4) is 0 Å². The van der Waals surface area contributed by atoms with Crippen LogP contribution in [0.4, 0.5) is 0 Å². The fraction of sp³-hybridized carbons (Fsp3) is 0.889. The predicted octanol–water partition coefficient (Wildman–Crippen LogP) is 0.564. The van der Waals surface area contributed by atoms with Gasteiger partial charge in [-0.3, -0.25) is 4.79 Å². The lowest BCUT2D eigenvalue weighted by molar-refractivity contribution is -0.144. The summed E-state index contributed by atoms with van der Waals surface area (Å²) in [4.78, 5) is 11.2. The minimum Gasteiger partial charge on any atom is -0.468 e. The second-order valence-corrected chi connectivity index (χ2v) is 2.69. The summed E-state index contributed by atoms with van der Waals surface area (Å²) in [5.41, 5.74) is 0. The van der Waals surface area contributed by atoms with Gasteiger partial charge in [-0.05, 0) is 19.9 Å². The Balaban J connectivity index is 3.79. The van der Waals surface area contributed by atoms with Gasteiger partial charge in [0.2, 0.25) is 0 Å². The topological polar surface area (TPSA) is 47.6 Å². The van der Waals surface area contributed by atoms with Crippen LogP contribution in [0, 0.1) is 0 Å². The molecule has 4 nitrogen and oxygen atoms in total. The third kappa shape index (κ3) is 5.60. The molecule has 1 unspecified atom stereocenters. The van der Waals surface area contributed by atoms with Crippen LogP contribution >= 0.6 is 0 Å². The second kappa shape index (κ2) is 8.01. The first kappa shape index (κ1) is 12.4. The van der Waals surface area contributed by atoms with E-state index in [0.29, 0.717) is 13.2 Å². The van der Waals surface area contributed by atoms with Crippen molar-refractivity contribution >= 4 is 5.97 Å². The summed E-state index contributed by atoms with van der Waals surface area (Å²) in [5, 5.41) is 3.06. The number of methoxy groups -OCH3 is 1. The van der Waals surface area contributed by atoms with Crippen LogP contribution in [0.25, 0.3) is 0 Å². The minimum atomic E-state index is -0.329. The zero-order chi connectivity index (χ0) is 10.1. The summed E-state index contributed by atoms with van der Waals surface area (Å²) >= 11 is 0. The van der Waals surface area contributed by atoms with Crippen LogP contribution in [0.1, 0.15) is 20.3 Å². The van der Waals surface area contributed by atoms with Gasteiger partial charge in [-0.1, -0.05) is 6.92 Å². The lowest BCUT2D eigenvalue weighted by Gasteiger charge is -2.15. The van der Waals surface area contributed by atoms with Gasteiger partial charge >= 0.3 is 5.97 Å². The molecule has 0 saturated heterocycles. The fourth-order valence-electron chi connectivity index (χ4n) is 0.907. The number of hydrogen-bond acceptors (Lipinski definition) is 4. The van der Waals surface area contributed by atoms with E-state index in [0.717, 1.165) is 13.0 Å². The first-order chi connectivity index (χ1) is 6.26. The standard InChI is InChI=1S/C9H19NO3/c1-4-6-10-8(7-13-5-2)9(11)12-3/h8,10H,4-7H2,1-3H3. The van der Waals surface area contributed by atoms with Crippen molar-refractivity contribution < 1.29 is 14.3 Å². The van der Waals surface area contributed by atoms with Crippen molar-refractivity contribution in [3.63, 3.8) is 0 Å². The normalized spacial score (nSPS) is 12.5. The van der Waals surface area contributed by atoms with Crippen LogP contribution in [0.15, 0.2) is 0 Å². The predicted molar refractivity (Wildman–Crippen MR) is 50.6 cm³/mol. The Morgan fingerprint density at radius 3 is 2.62 bits per heavy atom. The Hall–Kier alpha value is -0.610. The zero-order valence-corrected chi connectivity index (χ0v) is 8.63. The van der Waals surface area contributed by atoms with Gasteiger partial charge in [-0.15, -0.1) is 0 Å². The van der Waals surface area contributed by atoms with Gasteiger partial charge in [0.05, 0.1) is 13.7 Å². The highest BCUT2D eigenvalue weighted by Gasteiger charge is 2.17. The Morgan fingerprint density at radius 1 is 1.46 bits per heavy atom. The van der Waals surface area contributed by atoms with Crippen molar-refractivity contribution in [2.45, 2.75) is 26.3 Å². The molecule has 0 aromatic rings. The highest BCUT2D eigenvalue weighted by molar-refractivity contribution is 5.75. The first-order valence-corrected chi connectivity index (χ1v) is 4.65. The molecule has 0 heterocycles. The van der Waals surface area contributed by atoms with E-state index in [1.54, 1.807) is 0 Å². The van der Waals surface area contributed by atoms with Gasteiger partial charge in [0, 0.05) is 6.61 Å². The third-order valence-corrected chi connectivity index (χ3v) is 1.62. The third-order valence-electron chi connectivity index (χ3n) is 1.62. The molecule has 0 rings (SSSR count). The van der Waals surface area contributed by atoms with E-state index >= 15 is 0 Å². The molecule has 0 saturated carbocycles. The average Bonchev–Trinajstić information content (AvgIpc) is 2.17. The van der Waals surface area contributed by atoms with Gasteiger partial charge in [0.15, 0.2) is 0 Å². The summed E-state index contributed by atoms with van der Waals surface area (Å²) < 4.78 is 9.78. The van der Waals surface area contributed by atoms with E-state index in [4.69, 9.17) is 4.74 Å². The van der Waals surface area contributed by atoms with Crippen LogP contribution in [0.3, 0.4) is 0 Å². The van der Waals surface area contributed by atoms with Crippen LogP contribution in [-0.2, 0) is 14.3 Å². The van der Waals surface area contributed by atoms with Crippen LogP contribution in [0.2, 0.25) is 0 Å². The van der Waals surface area contributed by atoms with Gasteiger partial charge in [0.25, 0.3) is 0 Å². The number of hydrogen-bond donors (Lipinski definition) is 1. The molecule has 0 spiro atoms. The zero-order valence-electron chi connectivity index (χ0n) is 8.63. The van der Waals surface area contributed by atoms with Crippen LogP contribution in [0.5, 0.6) is 0 Å². The summed E-state index contributed by atoms with van der Waals surface area (Å²) in [5.74, 6) is -0.262. The Morgan fingerprint density at radius 2 is 2.15 bits per heavy atom. The molecular weight excluding hydrogens is 170 g/mol. The monoisotopic (exact) mass is 189 g/mol. The SMILES string of the molecule is CCCNC(COCC)C(=O)OC. The first-order valence-electron chi connectivity index (χ1n) is 4.65. The van der Waals surface area contributed by atoms with Crippen molar-refractivity contribution in [3.05, 3.63) is 0 Å². The van der Waals surface area contributed by atoms with E-state index in [1.165, 1.54) is 7.11 Å². The molecule has 1 N–H and O–H groups in total. The number of carbonyl (C=O) groups excluding carboxylic acids is 1. The molecule has 0 aliphatic carbocycles. The fourth-order valence-corrected chi connectivity index (χ4v) is 0.907.